The van der Waals surface area contributed by atoms with E-state index in [4.69, 9.17) is 0 Å². The molecular weight excluding hydrogens is 346 g/mol. The number of piperazine rings is 1. The predicted octanol–water partition coefficient (Wildman–Crippen LogP) is 4.14. The van der Waals surface area contributed by atoms with Crippen LogP contribution in [0.4, 0.5) is 5.69 Å². The molecule has 0 spiro atoms. The smallest absolute Gasteiger partial charge is 0.227 e. The lowest BCUT2D eigenvalue weighted by Gasteiger charge is -2.44. The van der Waals surface area contributed by atoms with E-state index in [1.54, 1.807) is 0 Å². The van der Waals surface area contributed by atoms with Crippen LogP contribution < -0.4 is 4.90 Å². The Bertz CT molecular complexity index is 653. The molecule has 1 aromatic carbocycles. The standard InChI is InChI=1S/C24H39N3O/c1-23(2,3)19-7-9-20(10-8-19)25-15-17-26(18-16-25)21-11-13-27(14-12-21)22(28)24(4,5)6/h7-10,21H,11-18H2,1-6H3. The molecule has 0 aliphatic carbocycles. The minimum absolute atomic E-state index is 0.209. The van der Waals surface area contributed by atoms with E-state index in [-0.39, 0.29) is 10.8 Å². The average Bonchev–Trinajstić information content (AvgIpc) is 2.66. The molecule has 3 rings (SSSR count). The van der Waals surface area contributed by atoms with Crippen molar-refractivity contribution in [1.29, 1.82) is 0 Å². The highest BCUT2D eigenvalue weighted by Gasteiger charge is 2.33. The highest BCUT2D eigenvalue weighted by Crippen LogP contribution is 2.27. The lowest BCUT2D eigenvalue weighted by molar-refractivity contribution is -0.141. The Morgan fingerprint density at radius 1 is 0.821 bits per heavy atom. The molecule has 0 bridgehead atoms. The summed E-state index contributed by atoms with van der Waals surface area (Å²) < 4.78 is 0. The van der Waals surface area contributed by atoms with Gasteiger partial charge in [0.05, 0.1) is 0 Å². The molecule has 2 saturated heterocycles. The molecule has 0 radical (unpaired) electrons. The van der Waals surface area contributed by atoms with Crippen LogP contribution in [0.3, 0.4) is 0 Å². The number of hydrogen-bond acceptors (Lipinski definition) is 3. The van der Waals surface area contributed by atoms with Crippen molar-refractivity contribution in [2.75, 3.05) is 44.2 Å². The number of rotatable bonds is 2. The number of likely N-dealkylation sites (tertiary alicyclic amines) is 1. The zero-order chi connectivity index (χ0) is 20.5. The van der Waals surface area contributed by atoms with E-state index in [2.05, 4.69) is 59.7 Å². The summed E-state index contributed by atoms with van der Waals surface area (Å²) in [5.74, 6) is 0.300. The van der Waals surface area contributed by atoms with Gasteiger partial charge in [-0.2, -0.15) is 0 Å². The van der Waals surface area contributed by atoms with Crippen molar-refractivity contribution in [3.63, 3.8) is 0 Å². The summed E-state index contributed by atoms with van der Waals surface area (Å²) in [6, 6.07) is 9.77. The molecule has 156 valence electrons. The molecule has 28 heavy (non-hydrogen) atoms. The summed E-state index contributed by atoms with van der Waals surface area (Å²) in [5.41, 5.74) is 2.69. The molecule has 4 nitrogen and oxygen atoms in total. The summed E-state index contributed by atoms with van der Waals surface area (Å²) in [6.45, 7) is 19.1. The topological polar surface area (TPSA) is 26.8 Å². The first-order valence-corrected chi connectivity index (χ1v) is 10.9. The first kappa shape index (κ1) is 21.2. The summed E-state index contributed by atoms with van der Waals surface area (Å²) in [7, 11) is 0. The molecule has 1 aromatic rings. The van der Waals surface area contributed by atoms with Crippen molar-refractivity contribution < 1.29 is 4.79 Å². The average molecular weight is 386 g/mol. The van der Waals surface area contributed by atoms with Gasteiger partial charge in [-0.15, -0.1) is 0 Å². The predicted molar refractivity (Wildman–Crippen MR) is 118 cm³/mol. The van der Waals surface area contributed by atoms with Crippen molar-refractivity contribution in [3.05, 3.63) is 29.8 Å². The van der Waals surface area contributed by atoms with Gasteiger partial charge in [-0.1, -0.05) is 53.7 Å². The van der Waals surface area contributed by atoms with Gasteiger partial charge >= 0.3 is 0 Å². The number of carbonyl (C=O) groups excluding carboxylic acids is 1. The maximum Gasteiger partial charge on any atom is 0.227 e. The highest BCUT2D eigenvalue weighted by atomic mass is 16.2. The Morgan fingerprint density at radius 2 is 1.36 bits per heavy atom. The normalized spacial score (nSPS) is 20.5. The second-order valence-electron chi connectivity index (χ2n) is 10.6. The van der Waals surface area contributed by atoms with Crippen molar-refractivity contribution in [2.24, 2.45) is 5.41 Å². The lowest BCUT2D eigenvalue weighted by Crippen LogP contribution is -2.54. The summed E-state index contributed by atoms with van der Waals surface area (Å²) in [6.07, 6.45) is 2.23. The first-order valence-electron chi connectivity index (χ1n) is 10.9. The minimum atomic E-state index is -0.263. The highest BCUT2D eigenvalue weighted by molar-refractivity contribution is 5.81. The molecular formula is C24H39N3O. The van der Waals surface area contributed by atoms with Gasteiger partial charge in [0.15, 0.2) is 0 Å². The SMILES string of the molecule is CC(C)(C)C(=O)N1CCC(N2CCN(c3ccc(C(C)(C)C)cc3)CC2)CC1. The lowest BCUT2D eigenvalue weighted by atomic mass is 9.87. The van der Waals surface area contributed by atoms with Crippen molar-refractivity contribution >= 4 is 11.6 Å². The summed E-state index contributed by atoms with van der Waals surface area (Å²) in [5, 5.41) is 0. The van der Waals surface area contributed by atoms with E-state index in [1.165, 1.54) is 11.3 Å². The Hall–Kier alpha value is -1.55. The van der Waals surface area contributed by atoms with Gasteiger partial charge in [-0.05, 0) is 36.0 Å². The van der Waals surface area contributed by atoms with E-state index in [0.29, 0.717) is 11.9 Å². The molecule has 0 atom stereocenters. The van der Waals surface area contributed by atoms with Crippen LogP contribution in [0, 0.1) is 5.41 Å². The second kappa shape index (κ2) is 8.06. The Balaban J connectivity index is 1.49. The number of nitrogens with zero attached hydrogens (tertiary/aromatic N) is 3. The van der Waals surface area contributed by atoms with Crippen LogP contribution in [0.5, 0.6) is 0 Å². The summed E-state index contributed by atoms with van der Waals surface area (Å²) >= 11 is 0. The van der Waals surface area contributed by atoms with Crippen LogP contribution in [0.15, 0.2) is 24.3 Å². The molecule has 0 N–H and O–H groups in total. The molecule has 2 aliphatic rings. The van der Waals surface area contributed by atoms with E-state index < -0.39 is 0 Å². The molecule has 2 aliphatic heterocycles. The third-order valence-corrected chi connectivity index (χ3v) is 6.32. The second-order valence-corrected chi connectivity index (χ2v) is 10.6. The summed E-state index contributed by atoms with van der Waals surface area (Å²) in [4.78, 5) is 19.7. The molecule has 1 amide bonds. The third-order valence-electron chi connectivity index (χ3n) is 6.32. The van der Waals surface area contributed by atoms with Gasteiger partial charge in [-0.3, -0.25) is 9.69 Å². The minimum Gasteiger partial charge on any atom is -0.369 e. The molecule has 0 unspecified atom stereocenters. The van der Waals surface area contributed by atoms with Crippen LogP contribution >= 0.6 is 0 Å². The van der Waals surface area contributed by atoms with Crippen molar-refractivity contribution in [3.8, 4) is 0 Å². The van der Waals surface area contributed by atoms with Crippen LogP contribution in [0.1, 0.15) is 59.9 Å². The fourth-order valence-corrected chi connectivity index (χ4v) is 4.43. The number of carbonyl (C=O) groups is 1. The number of amides is 1. The molecule has 2 heterocycles. The molecule has 0 saturated carbocycles. The molecule has 2 fully saturated rings. The monoisotopic (exact) mass is 385 g/mol. The van der Waals surface area contributed by atoms with Crippen molar-refractivity contribution in [1.82, 2.24) is 9.80 Å². The molecule has 4 heteroatoms. The number of anilines is 1. The maximum absolute atomic E-state index is 12.5. The van der Waals surface area contributed by atoms with Gasteiger partial charge in [0.25, 0.3) is 0 Å². The fraction of sp³-hybridized carbons (Fsp3) is 0.708. The van der Waals surface area contributed by atoms with E-state index in [1.807, 2.05) is 20.8 Å². The van der Waals surface area contributed by atoms with Gasteiger partial charge in [0.1, 0.15) is 0 Å². The largest absolute Gasteiger partial charge is 0.369 e. The van der Waals surface area contributed by atoms with E-state index in [0.717, 1.165) is 52.1 Å². The zero-order valence-corrected chi connectivity index (χ0v) is 18.8. The van der Waals surface area contributed by atoms with Crippen molar-refractivity contribution in [2.45, 2.75) is 65.8 Å². The molecule has 0 aromatic heterocycles. The fourth-order valence-electron chi connectivity index (χ4n) is 4.43. The number of piperidine rings is 1. The Kier molecular flexibility index (Phi) is 6.09. The Morgan fingerprint density at radius 3 is 1.82 bits per heavy atom. The van der Waals surface area contributed by atoms with Crippen LogP contribution in [0.2, 0.25) is 0 Å². The zero-order valence-electron chi connectivity index (χ0n) is 18.8. The van der Waals surface area contributed by atoms with Gasteiger partial charge in [-0.25, -0.2) is 0 Å². The van der Waals surface area contributed by atoms with Gasteiger partial charge in [0.2, 0.25) is 5.91 Å². The van der Waals surface area contributed by atoms with E-state index in [9.17, 15) is 4.79 Å². The first-order chi connectivity index (χ1) is 13.1. The Labute approximate surface area is 171 Å². The van der Waals surface area contributed by atoms with Crippen LogP contribution in [0.25, 0.3) is 0 Å². The third kappa shape index (κ3) is 4.89. The van der Waals surface area contributed by atoms with Crippen LogP contribution in [-0.4, -0.2) is 61.0 Å². The van der Waals surface area contributed by atoms with E-state index >= 15 is 0 Å². The van der Waals surface area contributed by atoms with Gasteiger partial charge in [0, 0.05) is 56.4 Å². The number of benzene rings is 1. The van der Waals surface area contributed by atoms with Crippen LogP contribution in [-0.2, 0) is 10.2 Å². The maximum atomic E-state index is 12.5. The van der Waals surface area contributed by atoms with Gasteiger partial charge < -0.3 is 9.80 Å². The quantitative estimate of drug-likeness (QED) is 0.765. The number of hydrogen-bond donors (Lipinski definition) is 0.